The van der Waals surface area contributed by atoms with Crippen molar-refractivity contribution in [1.82, 2.24) is 10.2 Å². The van der Waals surface area contributed by atoms with Crippen LogP contribution in [0.25, 0.3) is 6.08 Å². The van der Waals surface area contributed by atoms with Gasteiger partial charge in [0.2, 0.25) is 0 Å². The highest BCUT2D eigenvalue weighted by atomic mass is 79.9. The summed E-state index contributed by atoms with van der Waals surface area (Å²) in [5.74, 6) is 0.201. The van der Waals surface area contributed by atoms with Crippen LogP contribution in [0.3, 0.4) is 0 Å². The van der Waals surface area contributed by atoms with Crippen molar-refractivity contribution in [1.29, 1.82) is 0 Å². The Hall–Kier alpha value is -3.65. The van der Waals surface area contributed by atoms with E-state index < -0.39 is 11.9 Å². The van der Waals surface area contributed by atoms with Crippen molar-refractivity contribution in [3.05, 3.63) is 99.4 Å². The van der Waals surface area contributed by atoms with Crippen LogP contribution < -0.4 is 14.8 Å². The topological polar surface area (TPSA) is 67.9 Å². The van der Waals surface area contributed by atoms with E-state index in [1.807, 2.05) is 30.3 Å². The molecule has 1 N–H and O–H groups in total. The molecule has 0 aromatic heterocycles. The van der Waals surface area contributed by atoms with Crippen molar-refractivity contribution < 1.29 is 23.5 Å². The van der Waals surface area contributed by atoms with E-state index in [1.165, 1.54) is 19.2 Å². The average molecular weight is 511 g/mol. The van der Waals surface area contributed by atoms with Crippen LogP contribution >= 0.6 is 15.9 Å². The molecule has 3 aromatic carbocycles. The summed E-state index contributed by atoms with van der Waals surface area (Å²) in [7, 11) is 1.51. The number of nitrogens with zero attached hydrogens (tertiary/aromatic N) is 1. The molecular weight excluding hydrogens is 491 g/mol. The van der Waals surface area contributed by atoms with Crippen molar-refractivity contribution in [3.8, 4) is 11.5 Å². The quantitative estimate of drug-likeness (QED) is 0.347. The Balaban J connectivity index is 1.53. The van der Waals surface area contributed by atoms with Crippen LogP contribution in [0.15, 0.2) is 76.9 Å². The van der Waals surface area contributed by atoms with Gasteiger partial charge in [-0.3, -0.25) is 9.69 Å². The molecule has 0 aliphatic carbocycles. The number of amides is 3. The molecule has 1 aliphatic rings. The standard InChI is InChI=1S/C25H20BrFN2O4/c1-32-22-12-18(20(26)13-23(22)33-15-17-7-9-19(27)10-8-17)11-21-24(30)29(25(31)28-21)14-16-5-3-2-4-6-16/h2-13H,14-15H2,1H3,(H,28,31)/b21-11+. The first-order chi connectivity index (χ1) is 15.9. The van der Waals surface area contributed by atoms with Gasteiger partial charge in [-0.1, -0.05) is 58.4 Å². The van der Waals surface area contributed by atoms with E-state index in [9.17, 15) is 14.0 Å². The van der Waals surface area contributed by atoms with Crippen LogP contribution in [0.4, 0.5) is 9.18 Å². The maximum absolute atomic E-state index is 13.1. The van der Waals surface area contributed by atoms with Crippen LogP contribution in [0.5, 0.6) is 11.5 Å². The molecule has 0 saturated carbocycles. The van der Waals surface area contributed by atoms with E-state index in [0.29, 0.717) is 21.5 Å². The third-order valence-corrected chi connectivity index (χ3v) is 5.72. The molecule has 33 heavy (non-hydrogen) atoms. The zero-order valence-electron chi connectivity index (χ0n) is 17.7. The highest BCUT2D eigenvalue weighted by Gasteiger charge is 2.33. The maximum atomic E-state index is 13.1. The van der Waals surface area contributed by atoms with Gasteiger partial charge in [0.05, 0.1) is 13.7 Å². The molecule has 0 bridgehead atoms. The number of nitrogens with one attached hydrogen (secondary N) is 1. The molecule has 1 fully saturated rings. The average Bonchev–Trinajstić information content (AvgIpc) is 3.08. The summed E-state index contributed by atoms with van der Waals surface area (Å²) in [6.07, 6.45) is 1.58. The van der Waals surface area contributed by atoms with Gasteiger partial charge in [0.15, 0.2) is 11.5 Å². The lowest BCUT2D eigenvalue weighted by Crippen LogP contribution is -2.30. The Kier molecular flexibility index (Phi) is 6.74. The van der Waals surface area contributed by atoms with E-state index >= 15 is 0 Å². The minimum Gasteiger partial charge on any atom is -0.493 e. The van der Waals surface area contributed by atoms with E-state index in [-0.39, 0.29) is 24.7 Å². The molecule has 1 aliphatic heterocycles. The fraction of sp³-hybridized carbons (Fsp3) is 0.120. The van der Waals surface area contributed by atoms with Crippen LogP contribution in [0, 0.1) is 5.82 Å². The zero-order chi connectivity index (χ0) is 23.4. The summed E-state index contributed by atoms with van der Waals surface area (Å²) in [6, 6.07) is 18.3. The minimum atomic E-state index is -0.475. The summed E-state index contributed by atoms with van der Waals surface area (Å²) in [5.41, 5.74) is 2.45. The summed E-state index contributed by atoms with van der Waals surface area (Å²) in [6.45, 7) is 0.413. The minimum absolute atomic E-state index is 0.165. The van der Waals surface area contributed by atoms with Gasteiger partial charge in [-0.05, 0) is 47.0 Å². The molecule has 0 unspecified atom stereocenters. The summed E-state index contributed by atoms with van der Waals surface area (Å²) >= 11 is 3.49. The second kappa shape index (κ2) is 9.87. The largest absolute Gasteiger partial charge is 0.493 e. The number of hydrogen-bond acceptors (Lipinski definition) is 4. The lowest BCUT2D eigenvalue weighted by Gasteiger charge is -2.13. The molecule has 3 amide bonds. The molecule has 4 rings (SSSR count). The number of benzene rings is 3. The molecule has 8 heteroatoms. The number of hydrogen-bond donors (Lipinski definition) is 1. The lowest BCUT2D eigenvalue weighted by molar-refractivity contribution is -0.123. The molecular formula is C25H20BrFN2O4. The van der Waals surface area contributed by atoms with E-state index in [1.54, 1.807) is 30.3 Å². The Morgan fingerprint density at radius 1 is 1.00 bits per heavy atom. The molecule has 0 spiro atoms. The third kappa shape index (κ3) is 5.23. The van der Waals surface area contributed by atoms with Crippen molar-refractivity contribution in [2.45, 2.75) is 13.2 Å². The van der Waals surface area contributed by atoms with Crippen LogP contribution in [0.1, 0.15) is 16.7 Å². The lowest BCUT2D eigenvalue weighted by atomic mass is 10.1. The van der Waals surface area contributed by atoms with Gasteiger partial charge in [-0.15, -0.1) is 0 Å². The number of carbonyl (C=O) groups excluding carboxylic acids is 2. The Morgan fingerprint density at radius 3 is 2.42 bits per heavy atom. The summed E-state index contributed by atoms with van der Waals surface area (Å²) in [4.78, 5) is 26.3. The van der Waals surface area contributed by atoms with Gasteiger partial charge < -0.3 is 14.8 Å². The highest BCUT2D eigenvalue weighted by Crippen LogP contribution is 2.35. The molecule has 0 radical (unpaired) electrons. The Morgan fingerprint density at radius 2 is 1.73 bits per heavy atom. The van der Waals surface area contributed by atoms with Crippen molar-refractivity contribution in [2.75, 3.05) is 7.11 Å². The van der Waals surface area contributed by atoms with Crippen LogP contribution in [-0.4, -0.2) is 23.9 Å². The predicted octanol–water partition coefficient (Wildman–Crippen LogP) is 5.27. The first-order valence-corrected chi connectivity index (χ1v) is 10.9. The highest BCUT2D eigenvalue weighted by molar-refractivity contribution is 9.10. The Labute approximate surface area is 198 Å². The molecule has 6 nitrogen and oxygen atoms in total. The second-order valence-electron chi connectivity index (χ2n) is 7.30. The number of halogens is 2. The van der Waals surface area contributed by atoms with Crippen molar-refractivity contribution in [2.24, 2.45) is 0 Å². The molecule has 168 valence electrons. The number of urea groups is 1. The fourth-order valence-corrected chi connectivity index (χ4v) is 3.75. The first-order valence-electron chi connectivity index (χ1n) is 10.1. The number of imide groups is 1. The van der Waals surface area contributed by atoms with Gasteiger partial charge in [0, 0.05) is 4.47 Å². The van der Waals surface area contributed by atoms with Gasteiger partial charge in [-0.25, -0.2) is 9.18 Å². The smallest absolute Gasteiger partial charge is 0.329 e. The van der Waals surface area contributed by atoms with Gasteiger partial charge >= 0.3 is 6.03 Å². The summed E-state index contributed by atoms with van der Waals surface area (Å²) < 4.78 is 25.0. The predicted molar refractivity (Wildman–Crippen MR) is 125 cm³/mol. The maximum Gasteiger partial charge on any atom is 0.329 e. The van der Waals surface area contributed by atoms with Gasteiger partial charge in [-0.2, -0.15) is 0 Å². The molecule has 3 aromatic rings. The van der Waals surface area contributed by atoms with E-state index in [2.05, 4.69) is 21.2 Å². The second-order valence-corrected chi connectivity index (χ2v) is 8.16. The van der Waals surface area contributed by atoms with Crippen molar-refractivity contribution >= 4 is 33.9 Å². The van der Waals surface area contributed by atoms with Crippen LogP contribution in [0.2, 0.25) is 0 Å². The number of methoxy groups -OCH3 is 1. The fourth-order valence-electron chi connectivity index (χ4n) is 3.31. The van der Waals surface area contributed by atoms with Gasteiger partial charge in [0.25, 0.3) is 5.91 Å². The number of rotatable bonds is 7. The molecule has 1 heterocycles. The third-order valence-electron chi connectivity index (χ3n) is 5.04. The monoisotopic (exact) mass is 510 g/mol. The van der Waals surface area contributed by atoms with E-state index in [0.717, 1.165) is 16.0 Å². The number of carbonyl (C=O) groups is 2. The molecule has 0 atom stereocenters. The number of ether oxygens (including phenoxy) is 2. The van der Waals surface area contributed by atoms with Crippen molar-refractivity contribution in [3.63, 3.8) is 0 Å². The zero-order valence-corrected chi connectivity index (χ0v) is 19.3. The van der Waals surface area contributed by atoms with E-state index in [4.69, 9.17) is 9.47 Å². The first kappa shape index (κ1) is 22.5. The summed E-state index contributed by atoms with van der Waals surface area (Å²) in [5, 5.41) is 2.63. The Bertz CT molecular complexity index is 1210. The SMILES string of the molecule is COc1cc(/C=C2/NC(=O)N(Cc3ccccc3)C2=O)c(Br)cc1OCc1ccc(F)cc1. The van der Waals surface area contributed by atoms with Crippen LogP contribution in [-0.2, 0) is 17.9 Å². The normalized spacial score (nSPS) is 14.5. The molecule has 1 saturated heterocycles. The van der Waals surface area contributed by atoms with Gasteiger partial charge in [0.1, 0.15) is 18.1 Å².